The number of aryl methyl sites for hydroxylation is 1. The quantitative estimate of drug-likeness (QED) is 0.689. The molecule has 0 aliphatic carbocycles. The van der Waals surface area contributed by atoms with E-state index in [-0.39, 0.29) is 18.0 Å². The van der Waals surface area contributed by atoms with E-state index in [1.807, 2.05) is 6.07 Å². The van der Waals surface area contributed by atoms with Crippen molar-refractivity contribution in [2.75, 3.05) is 19.6 Å². The fraction of sp³-hybridized carbons (Fsp3) is 0.529. The number of rotatable bonds is 6. The zero-order valence-electron chi connectivity index (χ0n) is 14.4. The van der Waals surface area contributed by atoms with Gasteiger partial charge < -0.3 is 15.6 Å². The Kier molecular flexibility index (Phi) is 5.60. The van der Waals surface area contributed by atoms with Gasteiger partial charge in [0.15, 0.2) is 0 Å². The van der Waals surface area contributed by atoms with Crippen molar-refractivity contribution >= 4 is 5.91 Å². The van der Waals surface area contributed by atoms with E-state index in [1.165, 1.54) is 6.07 Å². The zero-order valence-corrected chi connectivity index (χ0v) is 14.4. The van der Waals surface area contributed by atoms with E-state index in [4.69, 9.17) is 0 Å². The molecule has 0 radical (unpaired) electrons. The SMILES string of the molecule is Cc1cc(=O)[nH]c(CCNC(=O)Cn2nccc2[C@H]2CCCNC2)n1. The summed E-state index contributed by atoms with van der Waals surface area (Å²) in [7, 11) is 0. The number of hydrogen-bond donors (Lipinski definition) is 3. The van der Waals surface area contributed by atoms with E-state index >= 15 is 0 Å². The van der Waals surface area contributed by atoms with Crippen molar-refractivity contribution in [3.63, 3.8) is 0 Å². The molecule has 0 saturated carbocycles. The molecule has 0 aromatic carbocycles. The Hall–Kier alpha value is -2.48. The molecule has 1 aliphatic rings. The van der Waals surface area contributed by atoms with Crippen LogP contribution in [0.4, 0.5) is 0 Å². The molecular weight excluding hydrogens is 320 g/mol. The number of H-pyrrole nitrogens is 1. The van der Waals surface area contributed by atoms with Crippen molar-refractivity contribution in [2.24, 2.45) is 0 Å². The monoisotopic (exact) mass is 344 g/mol. The van der Waals surface area contributed by atoms with Crippen LogP contribution in [-0.4, -0.2) is 45.3 Å². The van der Waals surface area contributed by atoms with Crippen molar-refractivity contribution < 1.29 is 4.79 Å². The fourth-order valence-electron chi connectivity index (χ4n) is 3.20. The Bertz CT molecular complexity index is 775. The summed E-state index contributed by atoms with van der Waals surface area (Å²) in [5, 5.41) is 10.5. The first-order valence-corrected chi connectivity index (χ1v) is 8.68. The van der Waals surface area contributed by atoms with Crippen molar-refractivity contribution in [1.29, 1.82) is 0 Å². The molecule has 2 aromatic rings. The normalized spacial score (nSPS) is 17.4. The number of aromatic nitrogens is 4. The average Bonchev–Trinajstić information content (AvgIpc) is 3.03. The number of aromatic amines is 1. The summed E-state index contributed by atoms with van der Waals surface area (Å²) in [6.07, 6.45) is 4.50. The number of piperidine rings is 1. The highest BCUT2D eigenvalue weighted by Gasteiger charge is 2.19. The topological polar surface area (TPSA) is 105 Å². The number of carbonyl (C=O) groups excluding carboxylic acids is 1. The van der Waals surface area contributed by atoms with Crippen molar-refractivity contribution in [3.05, 3.63) is 45.9 Å². The molecule has 1 fully saturated rings. The second-order valence-electron chi connectivity index (χ2n) is 6.39. The molecule has 0 unspecified atom stereocenters. The first kappa shape index (κ1) is 17.3. The van der Waals surface area contributed by atoms with Gasteiger partial charge in [-0.25, -0.2) is 4.98 Å². The number of amides is 1. The third kappa shape index (κ3) is 4.76. The Morgan fingerprint density at radius 2 is 2.36 bits per heavy atom. The molecule has 3 rings (SSSR count). The smallest absolute Gasteiger partial charge is 0.251 e. The summed E-state index contributed by atoms with van der Waals surface area (Å²) in [6.45, 7) is 4.39. The van der Waals surface area contributed by atoms with E-state index in [0.717, 1.165) is 31.6 Å². The van der Waals surface area contributed by atoms with Gasteiger partial charge in [0.2, 0.25) is 5.91 Å². The van der Waals surface area contributed by atoms with E-state index in [2.05, 4.69) is 25.7 Å². The van der Waals surface area contributed by atoms with E-state index in [9.17, 15) is 9.59 Å². The number of nitrogens with zero attached hydrogens (tertiary/aromatic N) is 3. The number of hydrogen-bond acceptors (Lipinski definition) is 5. The molecule has 8 heteroatoms. The average molecular weight is 344 g/mol. The maximum absolute atomic E-state index is 12.2. The minimum absolute atomic E-state index is 0.0938. The van der Waals surface area contributed by atoms with Crippen LogP contribution in [0.25, 0.3) is 0 Å². The molecule has 3 heterocycles. The second-order valence-corrected chi connectivity index (χ2v) is 6.39. The fourth-order valence-corrected chi connectivity index (χ4v) is 3.20. The standard InChI is InChI=1S/C17H24N6O2/c1-12-9-16(24)22-15(21-12)5-7-19-17(25)11-23-14(4-8-20-23)13-3-2-6-18-10-13/h4,8-9,13,18H,2-3,5-7,10-11H2,1H3,(H,19,25)(H,21,22,24)/t13-/m0/s1. The summed E-state index contributed by atoms with van der Waals surface area (Å²) in [6, 6.07) is 3.44. The lowest BCUT2D eigenvalue weighted by Crippen LogP contribution is -2.33. The lowest BCUT2D eigenvalue weighted by Gasteiger charge is -2.23. The van der Waals surface area contributed by atoms with Crippen LogP contribution in [-0.2, 0) is 17.8 Å². The molecule has 2 aromatic heterocycles. The molecule has 0 spiro atoms. The van der Waals surface area contributed by atoms with Crippen LogP contribution in [0.5, 0.6) is 0 Å². The summed E-state index contributed by atoms with van der Waals surface area (Å²) < 4.78 is 1.78. The molecule has 134 valence electrons. The van der Waals surface area contributed by atoms with Gasteiger partial charge in [0, 0.05) is 49.1 Å². The third-order valence-electron chi connectivity index (χ3n) is 4.36. The molecule has 1 amide bonds. The predicted octanol–water partition coefficient (Wildman–Crippen LogP) is 0.101. The molecule has 25 heavy (non-hydrogen) atoms. The van der Waals surface area contributed by atoms with Gasteiger partial charge in [0.25, 0.3) is 5.56 Å². The highest BCUT2D eigenvalue weighted by molar-refractivity contribution is 5.75. The minimum Gasteiger partial charge on any atom is -0.354 e. The molecule has 3 N–H and O–H groups in total. The van der Waals surface area contributed by atoms with Gasteiger partial charge in [0.1, 0.15) is 12.4 Å². The van der Waals surface area contributed by atoms with Crippen molar-refractivity contribution in [2.45, 2.75) is 38.6 Å². The maximum atomic E-state index is 12.2. The number of carbonyl (C=O) groups is 1. The van der Waals surface area contributed by atoms with E-state index in [1.54, 1.807) is 17.8 Å². The van der Waals surface area contributed by atoms with Crippen LogP contribution in [0.3, 0.4) is 0 Å². The van der Waals surface area contributed by atoms with Crippen LogP contribution in [0.15, 0.2) is 23.1 Å². The summed E-state index contributed by atoms with van der Waals surface area (Å²) in [5.74, 6) is 0.896. The number of nitrogens with one attached hydrogen (secondary N) is 3. The van der Waals surface area contributed by atoms with Crippen LogP contribution >= 0.6 is 0 Å². The predicted molar refractivity (Wildman–Crippen MR) is 93.4 cm³/mol. The Morgan fingerprint density at radius 3 is 3.12 bits per heavy atom. The van der Waals surface area contributed by atoms with Crippen LogP contribution < -0.4 is 16.2 Å². The molecule has 1 saturated heterocycles. The summed E-state index contributed by atoms with van der Waals surface area (Å²) in [4.78, 5) is 30.5. The molecule has 1 aliphatic heterocycles. The van der Waals surface area contributed by atoms with Crippen molar-refractivity contribution in [3.8, 4) is 0 Å². The molecule has 8 nitrogen and oxygen atoms in total. The van der Waals surface area contributed by atoms with Gasteiger partial charge in [-0.3, -0.25) is 14.3 Å². The highest BCUT2D eigenvalue weighted by atomic mass is 16.2. The Balaban J connectivity index is 1.51. The molecular formula is C17H24N6O2. The van der Waals surface area contributed by atoms with Crippen LogP contribution in [0, 0.1) is 6.92 Å². The van der Waals surface area contributed by atoms with Crippen LogP contribution in [0.2, 0.25) is 0 Å². The van der Waals surface area contributed by atoms with Gasteiger partial charge >= 0.3 is 0 Å². The third-order valence-corrected chi connectivity index (χ3v) is 4.36. The molecule has 0 bridgehead atoms. The Morgan fingerprint density at radius 1 is 1.48 bits per heavy atom. The zero-order chi connectivity index (χ0) is 17.6. The summed E-state index contributed by atoms with van der Waals surface area (Å²) in [5.41, 5.74) is 1.61. The van der Waals surface area contributed by atoms with E-state index < -0.39 is 0 Å². The molecule has 1 atom stereocenters. The largest absolute Gasteiger partial charge is 0.354 e. The first-order valence-electron chi connectivity index (χ1n) is 8.68. The maximum Gasteiger partial charge on any atom is 0.251 e. The van der Waals surface area contributed by atoms with E-state index in [0.29, 0.717) is 30.4 Å². The Labute approximate surface area is 146 Å². The van der Waals surface area contributed by atoms with Gasteiger partial charge in [-0.05, 0) is 32.4 Å². The van der Waals surface area contributed by atoms with Gasteiger partial charge in [0.05, 0.1) is 0 Å². The van der Waals surface area contributed by atoms with Crippen molar-refractivity contribution in [1.82, 2.24) is 30.4 Å². The second kappa shape index (κ2) is 8.06. The lowest BCUT2D eigenvalue weighted by molar-refractivity contribution is -0.121. The van der Waals surface area contributed by atoms with Gasteiger partial charge in [-0.15, -0.1) is 0 Å². The highest BCUT2D eigenvalue weighted by Crippen LogP contribution is 2.22. The summed E-state index contributed by atoms with van der Waals surface area (Å²) >= 11 is 0. The van der Waals surface area contributed by atoms with Crippen LogP contribution in [0.1, 0.15) is 36.0 Å². The van der Waals surface area contributed by atoms with Gasteiger partial charge in [-0.2, -0.15) is 5.10 Å². The first-order chi connectivity index (χ1) is 12.1. The minimum atomic E-state index is -0.170. The lowest BCUT2D eigenvalue weighted by atomic mass is 9.96. The van der Waals surface area contributed by atoms with Gasteiger partial charge in [-0.1, -0.05) is 0 Å².